The third-order valence-corrected chi connectivity index (χ3v) is 2.89. The van der Waals surface area contributed by atoms with E-state index < -0.39 is 11.8 Å². The molecular weight excluding hydrogens is 247 g/mol. The Hall–Kier alpha value is -1.62. The molecule has 1 N–H and O–H groups in total. The first-order valence-corrected chi connectivity index (χ1v) is 5.45. The van der Waals surface area contributed by atoms with Crippen molar-refractivity contribution in [1.82, 2.24) is 5.32 Å². The van der Waals surface area contributed by atoms with Gasteiger partial charge in [0.2, 0.25) is 5.91 Å². The Balaban J connectivity index is 2.36. The van der Waals surface area contributed by atoms with Gasteiger partial charge in [-0.15, -0.1) is 0 Å². The van der Waals surface area contributed by atoms with Crippen LogP contribution in [0.2, 0.25) is 5.02 Å². The van der Waals surface area contributed by atoms with E-state index in [1.54, 1.807) is 13.0 Å². The first-order chi connectivity index (χ1) is 8.00. The van der Waals surface area contributed by atoms with E-state index >= 15 is 0 Å². The molecule has 3 amide bonds. The molecule has 1 aromatic carbocycles. The van der Waals surface area contributed by atoms with Crippen LogP contribution >= 0.6 is 11.6 Å². The predicted molar refractivity (Wildman–Crippen MR) is 61.5 cm³/mol. The van der Waals surface area contributed by atoms with Crippen molar-refractivity contribution in [2.24, 2.45) is 5.92 Å². The number of anilines is 1. The van der Waals surface area contributed by atoms with Gasteiger partial charge in [0.05, 0.1) is 16.6 Å². The lowest BCUT2D eigenvalue weighted by Gasteiger charge is -2.30. The smallest absolute Gasteiger partial charge is 0.290 e. The number of nitrogens with one attached hydrogen (secondary N) is 1. The summed E-state index contributed by atoms with van der Waals surface area (Å²) in [6.45, 7) is 1.80. The van der Waals surface area contributed by atoms with Gasteiger partial charge in [-0.3, -0.25) is 15.0 Å². The Bertz CT molecular complexity index is 492. The molecular formula is C11H10ClFN2O2. The number of halogens is 2. The van der Waals surface area contributed by atoms with E-state index in [1.807, 2.05) is 0 Å². The summed E-state index contributed by atoms with van der Waals surface area (Å²) in [7, 11) is 0. The Morgan fingerprint density at radius 1 is 1.47 bits per heavy atom. The van der Waals surface area contributed by atoms with Crippen molar-refractivity contribution < 1.29 is 14.0 Å². The predicted octanol–water partition coefficient (Wildman–Crippen LogP) is 2.17. The topological polar surface area (TPSA) is 49.4 Å². The van der Waals surface area contributed by atoms with Gasteiger partial charge >= 0.3 is 6.03 Å². The highest BCUT2D eigenvalue weighted by molar-refractivity contribution is 6.31. The second-order valence-electron chi connectivity index (χ2n) is 3.88. The fourth-order valence-corrected chi connectivity index (χ4v) is 1.81. The van der Waals surface area contributed by atoms with Crippen LogP contribution in [0, 0.1) is 11.7 Å². The summed E-state index contributed by atoms with van der Waals surface area (Å²) in [4.78, 5) is 24.0. The van der Waals surface area contributed by atoms with E-state index in [-0.39, 0.29) is 29.1 Å². The molecule has 1 heterocycles. The maximum absolute atomic E-state index is 13.7. The number of carbonyl (C=O) groups excluding carboxylic acids is 2. The molecule has 0 aromatic heterocycles. The normalized spacial score (nSPS) is 20.4. The van der Waals surface area contributed by atoms with Crippen LogP contribution in [-0.4, -0.2) is 18.5 Å². The van der Waals surface area contributed by atoms with Gasteiger partial charge < -0.3 is 0 Å². The highest BCUT2D eigenvalue weighted by Crippen LogP contribution is 2.27. The van der Waals surface area contributed by atoms with E-state index in [0.717, 1.165) is 0 Å². The van der Waals surface area contributed by atoms with Crippen molar-refractivity contribution in [3.05, 3.63) is 29.0 Å². The average Bonchev–Trinajstić information content (AvgIpc) is 2.28. The number of nitrogens with zero attached hydrogens (tertiary/aromatic N) is 1. The summed E-state index contributed by atoms with van der Waals surface area (Å²) in [5.74, 6) is -1.40. The second-order valence-corrected chi connectivity index (χ2v) is 4.29. The maximum atomic E-state index is 13.7. The quantitative estimate of drug-likeness (QED) is 0.837. The Morgan fingerprint density at radius 2 is 2.18 bits per heavy atom. The van der Waals surface area contributed by atoms with Gasteiger partial charge in [0, 0.05) is 6.54 Å². The molecule has 0 bridgehead atoms. The molecule has 1 aliphatic rings. The first-order valence-electron chi connectivity index (χ1n) is 5.07. The molecule has 2 rings (SSSR count). The van der Waals surface area contributed by atoms with Gasteiger partial charge in [0.1, 0.15) is 0 Å². The highest BCUT2D eigenvalue weighted by Gasteiger charge is 2.31. The van der Waals surface area contributed by atoms with Crippen molar-refractivity contribution in [2.75, 3.05) is 11.4 Å². The Morgan fingerprint density at radius 3 is 2.88 bits per heavy atom. The van der Waals surface area contributed by atoms with Crippen LogP contribution in [0.4, 0.5) is 14.9 Å². The fourth-order valence-electron chi connectivity index (χ4n) is 1.64. The van der Waals surface area contributed by atoms with Crippen molar-refractivity contribution in [3.63, 3.8) is 0 Å². The van der Waals surface area contributed by atoms with Gasteiger partial charge in [-0.1, -0.05) is 24.6 Å². The lowest BCUT2D eigenvalue weighted by molar-refractivity contribution is -0.123. The third-order valence-electron chi connectivity index (χ3n) is 2.60. The van der Waals surface area contributed by atoms with Crippen LogP contribution in [0.25, 0.3) is 0 Å². The van der Waals surface area contributed by atoms with Crippen LogP contribution in [0.3, 0.4) is 0 Å². The molecule has 1 unspecified atom stereocenters. The molecule has 1 saturated heterocycles. The zero-order valence-corrected chi connectivity index (χ0v) is 9.79. The summed E-state index contributed by atoms with van der Waals surface area (Å²) in [5.41, 5.74) is 0.0781. The number of carbonyl (C=O) groups is 2. The monoisotopic (exact) mass is 256 g/mol. The van der Waals surface area contributed by atoms with E-state index in [1.165, 1.54) is 17.0 Å². The van der Waals surface area contributed by atoms with Crippen LogP contribution in [0.5, 0.6) is 0 Å². The number of amides is 3. The molecule has 4 nitrogen and oxygen atoms in total. The summed E-state index contributed by atoms with van der Waals surface area (Å²) in [6.07, 6.45) is 0. The molecule has 0 aliphatic carbocycles. The summed E-state index contributed by atoms with van der Waals surface area (Å²) in [5, 5.41) is 2.11. The molecule has 0 saturated carbocycles. The van der Waals surface area contributed by atoms with E-state index in [4.69, 9.17) is 11.6 Å². The standard InChI is InChI=1S/C11H10ClFN2O2/c1-6-5-15(11(17)14-10(6)16)8-4-2-3-7(12)9(8)13/h2-4,6H,5H2,1H3,(H,14,16,17). The minimum absolute atomic E-state index is 0.0557. The summed E-state index contributed by atoms with van der Waals surface area (Å²) >= 11 is 5.65. The number of benzene rings is 1. The average molecular weight is 257 g/mol. The highest BCUT2D eigenvalue weighted by atomic mass is 35.5. The fraction of sp³-hybridized carbons (Fsp3) is 0.273. The number of urea groups is 1. The van der Waals surface area contributed by atoms with E-state index in [0.29, 0.717) is 0 Å². The van der Waals surface area contributed by atoms with Gasteiger partial charge in [0.15, 0.2) is 5.82 Å². The zero-order valence-electron chi connectivity index (χ0n) is 9.04. The largest absolute Gasteiger partial charge is 0.328 e. The first kappa shape index (κ1) is 11.9. The van der Waals surface area contributed by atoms with Crippen LogP contribution in [0.15, 0.2) is 18.2 Å². The summed E-state index contributed by atoms with van der Waals surface area (Å²) in [6, 6.07) is 3.77. The minimum atomic E-state index is -0.661. The Kier molecular flexibility index (Phi) is 3.02. The molecule has 1 fully saturated rings. The van der Waals surface area contributed by atoms with E-state index in [9.17, 15) is 14.0 Å². The molecule has 1 aromatic rings. The molecule has 1 atom stereocenters. The van der Waals surface area contributed by atoms with Crippen molar-refractivity contribution >= 4 is 29.2 Å². The lowest BCUT2D eigenvalue weighted by Crippen LogP contribution is -2.54. The number of rotatable bonds is 1. The van der Waals surface area contributed by atoms with Crippen LogP contribution < -0.4 is 10.2 Å². The molecule has 0 radical (unpaired) electrons. The lowest BCUT2D eigenvalue weighted by atomic mass is 10.1. The van der Waals surface area contributed by atoms with E-state index in [2.05, 4.69) is 5.32 Å². The van der Waals surface area contributed by atoms with Crippen molar-refractivity contribution in [1.29, 1.82) is 0 Å². The molecule has 1 aliphatic heterocycles. The molecule has 0 spiro atoms. The van der Waals surface area contributed by atoms with Gasteiger partial charge in [0.25, 0.3) is 0 Å². The van der Waals surface area contributed by atoms with Crippen molar-refractivity contribution in [2.45, 2.75) is 6.92 Å². The van der Waals surface area contributed by atoms with Gasteiger partial charge in [-0.25, -0.2) is 9.18 Å². The maximum Gasteiger partial charge on any atom is 0.328 e. The number of hydrogen-bond acceptors (Lipinski definition) is 2. The third kappa shape index (κ3) is 2.10. The Labute approximate surface area is 102 Å². The molecule has 90 valence electrons. The minimum Gasteiger partial charge on any atom is -0.290 e. The van der Waals surface area contributed by atoms with Crippen LogP contribution in [0.1, 0.15) is 6.92 Å². The van der Waals surface area contributed by atoms with Gasteiger partial charge in [-0.05, 0) is 12.1 Å². The SMILES string of the molecule is CC1CN(c2cccc(Cl)c2F)C(=O)NC1=O. The number of hydrogen-bond donors (Lipinski definition) is 1. The molecule has 6 heteroatoms. The number of imide groups is 1. The van der Waals surface area contributed by atoms with Gasteiger partial charge in [-0.2, -0.15) is 0 Å². The van der Waals surface area contributed by atoms with Crippen molar-refractivity contribution in [3.8, 4) is 0 Å². The zero-order chi connectivity index (χ0) is 12.6. The second kappa shape index (κ2) is 4.33. The summed E-state index contributed by atoms with van der Waals surface area (Å²) < 4.78 is 13.7. The molecule has 17 heavy (non-hydrogen) atoms. The van der Waals surface area contributed by atoms with Crippen LogP contribution in [-0.2, 0) is 4.79 Å².